The molecule has 0 saturated heterocycles. The number of hydrogen-bond donors (Lipinski definition) is 1. The number of rotatable bonds is 13. The highest BCUT2D eigenvalue weighted by atomic mass is 28.4. The molecular weight excluding hydrogens is 290 g/mol. The number of carbonyl (C=O) groups excluding carboxylic acids is 2. The molecular formula is C14H31NO5Si. The van der Waals surface area contributed by atoms with Crippen molar-refractivity contribution in [1.29, 1.82) is 0 Å². The van der Waals surface area contributed by atoms with Gasteiger partial charge in [0.05, 0.1) is 0 Å². The first-order valence-corrected chi connectivity index (χ1v) is 9.58. The molecule has 0 aliphatic carbocycles. The third kappa shape index (κ3) is 14.1. The quantitative estimate of drug-likeness (QED) is 0.317. The molecule has 0 aromatic heterocycles. The molecule has 0 bridgehead atoms. The molecule has 21 heavy (non-hydrogen) atoms. The molecule has 0 saturated carbocycles. The Bertz CT molecular complexity index is 216. The average molecular weight is 321 g/mol. The fourth-order valence-corrected chi connectivity index (χ4v) is 4.24. The van der Waals surface area contributed by atoms with Crippen molar-refractivity contribution in [2.75, 3.05) is 26.4 Å². The lowest BCUT2D eigenvalue weighted by Crippen LogP contribution is -2.46. The summed E-state index contributed by atoms with van der Waals surface area (Å²) in [6, 6.07) is 0.818. The van der Waals surface area contributed by atoms with Crippen molar-refractivity contribution in [1.82, 2.24) is 0 Å². The van der Waals surface area contributed by atoms with Gasteiger partial charge in [-0.15, -0.1) is 0 Å². The third-order valence-corrected chi connectivity index (χ3v) is 5.58. The normalized spacial score (nSPS) is 10.7. The van der Waals surface area contributed by atoms with E-state index >= 15 is 0 Å². The number of hydrogen-bond acceptors (Lipinski definition) is 6. The molecule has 2 N–H and O–H groups in total. The van der Waals surface area contributed by atoms with Gasteiger partial charge in [0, 0.05) is 38.7 Å². The van der Waals surface area contributed by atoms with Crippen molar-refractivity contribution in [3.63, 3.8) is 0 Å². The van der Waals surface area contributed by atoms with E-state index in [2.05, 4.69) is 0 Å². The number of nitrogens with two attached hydrogens (primary N) is 1. The first-order valence-electron chi connectivity index (χ1n) is 7.65. The predicted octanol–water partition coefficient (Wildman–Crippen LogP) is 1.94. The van der Waals surface area contributed by atoms with Crippen LogP contribution in [0.1, 0.15) is 46.5 Å². The SMILES string of the molecule is CCO[Si](CCCN)(OCC)OCC.O=CCCCC=O. The molecule has 0 amide bonds. The number of carbonyl (C=O) groups is 2. The van der Waals surface area contributed by atoms with Gasteiger partial charge >= 0.3 is 8.80 Å². The van der Waals surface area contributed by atoms with E-state index in [0.717, 1.165) is 25.0 Å². The zero-order chi connectivity index (χ0) is 16.4. The third-order valence-electron chi connectivity index (χ3n) is 2.42. The van der Waals surface area contributed by atoms with Gasteiger partial charge in [-0.3, -0.25) is 0 Å². The second-order valence-corrected chi connectivity index (χ2v) is 6.87. The molecule has 126 valence electrons. The van der Waals surface area contributed by atoms with E-state index < -0.39 is 8.80 Å². The summed E-state index contributed by atoms with van der Waals surface area (Å²) in [6.07, 6.45) is 4.27. The van der Waals surface area contributed by atoms with Crippen LogP contribution >= 0.6 is 0 Å². The zero-order valence-electron chi connectivity index (χ0n) is 13.6. The van der Waals surface area contributed by atoms with E-state index in [1.165, 1.54) is 0 Å². The summed E-state index contributed by atoms with van der Waals surface area (Å²) in [6.45, 7) is 8.44. The molecule has 0 radical (unpaired) electrons. The highest BCUT2D eigenvalue weighted by molar-refractivity contribution is 6.60. The monoisotopic (exact) mass is 321 g/mol. The summed E-state index contributed by atoms with van der Waals surface area (Å²) in [5.41, 5.74) is 5.48. The van der Waals surface area contributed by atoms with E-state index in [0.29, 0.717) is 45.6 Å². The second-order valence-electron chi connectivity index (χ2n) is 4.14. The largest absolute Gasteiger partial charge is 0.500 e. The molecule has 0 aliphatic rings. The van der Waals surface area contributed by atoms with Crippen LogP contribution in [-0.4, -0.2) is 47.7 Å². The van der Waals surface area contributed by atoms with Crippen LogP contribution in [0.3, 0.4) is 0 Å². The Kier molecular flexibility index (Phi) is 18.8. The Morgan fingerprint density at radius 1 is 0.857 bits per heavy atom. The van der Waals surface area contributed by atoms with Crippen molar-refractivity contribution in [3.05, 3.63) is 0 Å². The molecule has 0 spiro atoms. The van der Waals surface area contributed by atoms with Crippen LogP contribution in [0.4, 0.5) is 0 Å². The lowest BCUT2D eigenvalue weighted by Gasteiger charge is -2.28. The molecule has 0 fully saturated rings. The minimum atomic E-state index is -2.40. The van der Waals surface area contributed by atoms with E-state index in [1.54, 1.807) is 0 Å². The summed E-state index contributed by atoms with van der Waals surface area (Å²) in [4.78, 5) is 19.1. The highest BCUT2D eigenvalue weighted by Gasteiger charge is 2.39. The van der Waals surface area contributed by atoms with Crippen molar-refractivity contribution in [2.24, 2.45) is 5.73 Å². The Labute approximate surface area is 129 Å². The van der Waals surface area contributed by atoms with Gasteiger partial charge < -0.3 is 28.6 Å². The second kappa shape index (κ2) is 17.4. The maximum atomic E-state index is 9.56. The maximum absolute atomic E-state index is 9.56. The van der Waals surface area contributed by atoms with Gasteiger partial charge in [-0.2, -0.15) is 0 Å². The summed E-state index contributed by atoms with van der Waals surface area (Å²) in [7, 11) is -2.40. The van der Waals surface area contributed by atoms with E-state index in [1.807, 2.05) is 20.8 Å². The molecule has 0 aromatic rings. The van der Waals surface area contributed by atoms with Gasteiger partial charge in [0.1, 0.15) is 12.6 Å². The van der Waals surface area contributed by atoms with Crippen LogP contribution in [0.25, 0.3) is 0 Å². The molecule has 0 aromatic carbocycles. The Morgan fingerprint density at radius 3 is 1.57 bits per heavy atom. The standard InChI is InChI=1S/C9H23NO3Si.C5H8O2/c1-4-11-14(12-5-2,13-6-3)9-7-8-10;6-4-2-1-3-5-7/h4-10H2,1-3H3;4-5H,1-3H2. The van der Waals surface area contributed by atoms with E-state index in [-0.39, 0.29) is 0 Å². The van der Waals surface area contributed by atoms with Crippen LogP contribution in [0, 0.1) is 0 Å². The molecule has 6 nitrogen and oxygen atoms in total. The summed E-state index contributed by atoms with van der Waals surface area (Å²) >= 11 is 0. The Morgan fingerprint density at radius 2 is 1.29 bits per heavy atom. The lowest BCUT2D eigenvalue weighted by molar-refractivity contribution is -0.108. The van der Waals surface area contributed by atoms with Crippen molar-refractivity contribution >= 4 is 21.4 Å². The topological polar surface area (TPSA) is 87.8 Å². The van der Waals surface area contributed by atoms with Gasteiger partial charge in [-0.25, -0.2) is 0 Å². The van der Waals surface area contributed by atoms with Crippen LogP contribution in [-0.2, 0) is 22.9 Å². The summed E-state index contributed by atoms with van der Waals surface area (Å²) in [5, 5.41) is 0. The van der Waals surface area contributed by atoms with Crippen molar-refractivity contribution in [2.45, 2.75) is 52.5 Å². The van der Waals surface area contributed by atoms with E-state index in [4.69, 9.17) is 19.0 Å². The van der Waals surface area contributed by atoms with Crippen molar-refractivity contribution < 1.29 is 22.9 Å². The lowest BCUT2D eigenvalue weighted by atomic mass is 10.3. The summed E-state index contributed by atoms with van der Waals surface area (Å²) < 4.78 is 17.0. The first kappa shape index (κ1) is 22.7. The minimum Gasteiger partial charge on any atom is -0.374 e. The number of aldehydes is 2. The van der Waals surface area contributed by atoms with Crippen LogP contribution in [0.2, 0.25) is 6.04 Å². The molecule has 0 heterocycles. The van der Waals surface area contributed by atoms with E-state index in [9.17, 15) is 9.59 Å². The Balaban J connectivity index is 0. The van der Waals surface area contributed by atoms with Gasteiger partial charge in [-0.1, -0.05) is 0 Å². The van der Waals surface area contributed by atoms with Gasteiger partial charge in [0.2, 0.25) is 0 Å². The van der Waals surface area contributed by atoms with Crippen LogP contribution < -0.4 is 5.73 Å². The molecule has 7 heteroatoms. The highest BCUT2D eigenvalue weighted by Crippen LogP contribution is 2.17. The predicted molar refractivity (Wildman–Crippen MR) is 85.1 cm³/mol. The summed E-state index contributed by atoms with van der Waals surface area (Å²) in [5.74, 6) is 0. The number of unbranched alkanes of at least 4 members (excludes halogenated alkanes) is 2. The first-order chi connectivity index (χ1) is 10.2. The maximum Gasteiger partial charge on any atom is 0.500 e. The van der Waals surface area contributed by atoms with Gasteiger partial charge in [-0.05, 0) is 40.2 Å². The van der Waals surface area contributed by atoms with Gasteiger partial charge in [0.25, 0.3) is 0 Å². The molecule has 0 atom stereocenters. The average Bonchev–Trinajstić information content (AvgIpc) is 2.47. The van der Waals surface area contributed by atoms with Crippen LogP contribution in [0.15, 0.2) is 0 Å². The van der Waals surface area contributed by atoms with Gasteiger partial charge in [0.15, 0.2) is 0 Å². The fourth-order valence-electron chi connectivity index (χ4n) is 1.60. The molecule has 0 rings (SSSR count). The molecule has 0 aliphatic heterocycles. The molecule has 0 unspecified atom stereocenters. The fraction of sp³-hybridized carbons (Fsp3) is 0.857. The Hall–Kier alpha value is -0.603. The minimum absolute atomic E-state index is 0.513. The van der Waals surface area contributed by atoms with Crippen LogP contribution in [0.5, 0.6) is 0 Å². The zero-order valence-corrected chi connectivity index (χ0v) is 14.6. The van der Waals surface area contributed by atoms with Crippen molar-refractivity contribution in [3.8, 4) is 0 Å². The smallest absolute Gasteiger partial charge is 0.374 e.